The van der Waals surface area contributed by atoms with Crippen LogP contribution in [-0.2, 0) is 0 Å². The number of hydrogen-bond donors (Lipinski definition) is 0. The van der Waals surface area contributed by atoms with E-state index in [0.29, 0.717) is 5.92 Å². The predicted molar refractivity (Wildman–Crippen MR) is 94.4 cm³/mol. The lowest BCUT2D eigenvalue weighted by molar-refractivity contribution is 0.168. The zero-order chi connectivity index (χ0) is 15.6. The SMILES string of the molecule is CCCCCC/C=C/[C@H]1CC[C@H](C2CCC(C#N)CC2)CC1. The summed E-state index contributed by atoms with van der Waals surface area (Å²) in [5.41, 5.74) is 0. The first-order chi connectivity index (χ1) is 10.8. The predicted octanol–water partition coefficient (Wildman–Crippen LogP) is 6.65. The maximum atomic E-state index is 9.02. The van der Waals surface area contributed by atoms with Gasteiger partial charge in [0.25, 0.3) is 0 Å². The van der Waals surface area contributed by atoms with Gasteiger partial charge in [0.2, 0.25) is 0 Å². The van der Waals surface area contributed by atoms with Crippen molar-refractivity contribution in [3.05, 3.63) is 12.2 Å². The van der Waals surface area contributed by atoms with Crippen LogP contribution in [-0.4, -0.2) is 0 Å². The second kappa shape index (κ2) is 10.1. The number of nitrogens with zero attached hydrogens (tertiary/aromatic N) is 1. The van der Waals surface area contributed by atoms with Crippen molar-refractivity contribution in [3.63, 3.8) is 0 Å². The molecular weight excluding hydrogens is 266 g/mol. The molecule has 0 saturated heterocycles. The molecule has 0 aromatic carbocycles. The summed E-state index contributed by atoms with van der Waals surface area (Å²) >= 11 is 0. The Hall–Kier alpha value is -0.770. The molecule has 0 amide bonds. The van der Waals surface area contributed by atoms with Gasteiger partial charge in [-0.05, 0) is 82.0 Å². The molecule has 1 nitrogen and oxygen atoms in total. The van der Waals surface area contributed by atoms with Crippen LogP contribution < -0.4 is 0 Å². The monoisotopic (exact) mass is 301 g/mol. The zero-order valence-corrected chi connectivity index (χ0v) is 14.6. The van der Waals surface area contributed by atoms with Crippen molar-refractivity contribution in [2.75, 3.05) is 0 Å². The Labute approximate surface area is 138 Å². The molecule has 0 atom stereocenters. The maximum Gasteiger partial charge on any atom is 0.0655 e. The molecule has 124 valence electrons. The standard InChI is InChI=1S/C21H35N/c1-2-3-4-5-6-7-8-18-9-13-20(14-10-18)21-15-11-19(17-22)12-16-21/h7-8,18-21H,2-6,9-16H2,1H3/b8-7+/t18-,19?,20-,21?. The quantitative estimate of drug-likeness (QED) is 0.381. The van der Waals surface area contributed by atoms with Crippen LogP contribution in [0.25, 0.3) is 0 Å². The Morgan fingerprint density at radius 1 is 0.864 bits per heavy atom. The van der Waals surface area contributed by atoms with E-state index >= 15 is 0 Å². The number of unbranched alkanes of at least 4 members (excludes halogenated alkanes) is 4. The van der Waals surface area contributed by atoms with Crippen molar-refractivity contribution in [2.45, 2.75) is 90.4 Å². The highest BCUT2D eigenvalue weighted by Gasteiger charge is 2.30. The van der Waals surface area contributed by atoms with Crippen molar-refractivity contribution in [1.29, 1.82) is 5.26 Å². The Morgan fingerprint density at radius 2 is 1.50 bits per heavy atom. The molecule has 0 spiro atoms. The van der Waals surface area contributed by atoms with Crippen LogP contribution in [0.4, 0.5) is 0 Å². The molecule has 2 aliphatic rings. The summed E-state index contributed by atoms with van der Waals surface area (Å²) in [4.78, 5) is 0. The minimum atomic E-state index is 0.364. The Balaban J connectivity index is 1.60. The van der Waals surface area contributed by atoms with E-state index in [9.17, 15) is 0 Å². The van der Waals surface area contributed by atoms with Crippen molar-refractivity contribution in [2.24, 2.45) is 23.7 Å². The molecule has 22 heavy (non-hydrogen) atoms. The van der Waals surface area contributed by atoms with Gasteiger partial charge in [-0.1, -0.05) is 38.3 Å². The van der Waals surface area contributed by atoms with Crippen LogP contribution in [0, 0.1) is 35.0 Å². The molecule has 0 aromatic heterocycles. The minimum Gasteiger partial charge on any atom is -0.198 e. The molecule has 2 aliphatic carbocycles. The van der Waals surface area contributed by atoms with Gasteiger partial charge in [-0.3, -0.25) is 0 Å². The van der Waals surface area contributed by atoms with E-state index in [1.54, 1.807) is 0 Å². The lowest BCUT2D eigenvalue weighted by Crippen LogP contribution is -2.25. The van der Waals surface area contributed by atoms with E-state index in [1.165, 1.54) is 83.5 Å². The highest BCUT2D eigenvalue weighted by molar-refractivity contribution is 4.93. The molecule has 0 aliphatic heterocycles. The molecule has 1 heteroatoms. The van der Waals surface area contributed by atoms with Crippen LogP contribution in [0.1, 0.15) is 90.4 Å². The van der Waals surface area contributed by atoms with E-state index in [4.69, 9.17) is 5.26 Å². The number of allylic oxidation sites excluding steroid dienone is 2. The van der Waals surface area contributed by atoms with Crippen LogP contribution in [0.5, 0.6) is 0 Å². The Kier molecular flexibility index (Phi) is 8.06. The summed E-state index contributed by atoms with van der Waals surface area (Å²) in [6.45, 7) is 2.28. The molecule has 0 N–H and O–H groups in total. The summed E-state index contributed by atoms with van der Waals surface area (Å²) in [5.74, 6) is 3.12. The van der Waals surface area contributed by atoms with E-state index in [0.717, 1.165) is 17.8 Å². The van der Waals surface area contributed by atoms with Gasteiger partial charge in [0.05, 0.1) is 6.07 Å². The van der Waals surface area contributed by atoms with E-state index in [1.807, 2.05) is 0 Å². The second-order valence-electron chi connectivity index (χ2n) is 7.69. The average Bonchev–Trinajstić information content (AvgIpc) is 2.59. The first kappa shape index (κ1) is 17.6. The topological polar surface area (TPSA) is 23.8 Å². The maximum absolute atomic E-state index is 9.02. The molecule has 2 saturated carbocycles. The minimum absolute atomic E-state index is 0.364. The van der Waals surface area contributed by atoms with Crippen LogP contribution in [0.15, 0.2) is 12.2 Å². The molecule has 0 bridgehead atoms. The third-order valence-corrected chi connectivity index (χ3v) is 6.07. The van der Waals surface area contributed by atoms with Gasteiger partial charge in [-0.2, -0.15) is 5.26 Å². The van der Waals surface area contributed by atoms with E-state index in [2.05, 4.69) is 25.1 Å². The molecule has 2 fully saturated rings. The average molecular weight is 302 g/mol. The van der Waals surface area contributed by atoms with Gasteiger partial charge in [0, 0.05) is 5.92 Å². The summed E-state index contributed by atoms with van der Waals surface area (Å²) in [5, 5.41) is 9.02. The molecule has 0 aromatic rings. The molecular formula is C21H35N. The summed E-state index contributed by atoms with van der Waals surface area (Å²) in [6.07, 6.45) is 22.4. The lowest BCUT2D eigenvalue weighted by Gasteiger charge is -2.36. The third-order valence-electron chi connectivity index (χ3n) is 6.07. The number of nitriles is 1. The Morgan fingerprint density at radius 3 is 2.09 bits per heavy atom. The largest absolute Gasteiger partial charge is 0.198 e. The molecule has 2 rings (SSSR count). The summed E-state index contributed by atoms with van der Waals surface area (Å²) in [7, 11) is 0. The summed E-state index contributed by atoms with van der Waals surface area (Å²) in [6, 6.07) is 2.47. The molecule has 0 heterocycles. The zero-order valence-electron chi connectivity index (χ0n) is 14.6. The third kappa shape index (κ3) is 5.79. The van der Waals surface area contributed by atoms with Crippen molar-refractivity contribution in [3.8, 4) is 6.07 Å². The van der Waals surface area contributed by atoms with E-state index < -0.39 is 0 Å². The van der Waals surface area contributed by atoms with Gasteiger partial charge in [-0.15, -0.1) is 0 Å². The van der Waals surface area contributed by atoms with Gasteiger partial charge < -0.3 is 0 Å². The number of hydrogen-bond acceptors (Lipinski definition) is 1. The van der Waals surface area contributed by atoms with Crippen LogP contribution in [0.3, 0.4) is 0 Å². The van der Waals surface area contributed by atoms with Gasteiger partial charge >= 0.3 is 0 Å². The first-order valence-corrected chi connectivity index (χ1v) is 9.89. The van der Waals surface area contributed by atoms with Crippen molar-refractivity contribution in [1.82, 2.24) is 0 Å². The van der Waals surface area contributed by atoms with Gasteiger partial charge in [0.15, 0.2) is 0 Å². The summed E-state index contributed by atoms with van der Waals surface area (Å²) < 4.78 is 0. The highest BCUT2D eigenvalue weighted by atomic mass is 14.4. The van der Waals surface area contributed by atoms with Crippen LogP contribution in [0.2, 0.25) is 0 Å². The van der Waals surface area contributed by atoms with Crippen molar-refractivity contribution >= 4 is 0 Å². The number of rotatable bonds is 7. The fourth-order valence-electron chi connectivity index (χ4n) is 4.51. The first-order valence-electron chi connectivity index (χ1n) is 9.89. The second-order valence-corrected chi connectivity index (χ2v) is 7.69. The van der Waals surface area contributed by atoms with Gasteiger partial charge in [-0.25, -0.2) is 0 Å². The van der Waals surface area contributed by atoms with Crippen LogP contribution >= 0.6 is 0 Å². The van der Waals surface area contributed by atoms with Crippen molar-refractivity contribution < 1.29 is 0 Å². The fraction of sp³-hybridized carbons (Fsp3) is 0.857. The normalized spacial score (nSPS) is 32.9. The van der Waals surface area contributed by atoms with E-state index in [-0.39, 0.29) is 0 Å². The molecule has 0 radical (unpaired) electrons. The fourth-order valence-corrected chi connectivity index (χ4v) is 4.51. The highest BCUT2D eigenvalue weighted by Crippen LogP contribution is 2.41. The molecule has 0 unspecified atom stereocenters. The van der Waals surface area contributed by atoms with Gasteiger partial charge in [0.1, 0.15) is 0 Å². The Bertz CT molecular complexity index is 349. The smallest absolute Gasteiger partial charge is 0.0655 e. The lowest BCUT2D eigenvalue weighted by atomic mass is 9.69.